The molecule has 2 rings (SSSR count). The molecule has 1 aliphatic heterocycles. The Morgan fingerprint density at radius 3 is 2.57 bits per heavy atom. The lowest BCUT2D eigenvalue weighted by Gasteiger charge is -2.40. The lowest BCUT2D eigenvalue weighted by molar-refractivity contribution is 0.179. The monoisotopic (exact) mass is 311 g/mol. The predicted molar refractivity (Wildman–Crippen MR) is 90.6 cm³/mol. The number of rotatable bonds is 7. The second-order valence-electron chi connectivity index (χ2n) is 5.50. The van der Waals surface area contributed by atoms with E-state index in [0.29, 0.717) is 12.6 Å². The number of anilines is 1. The fourth-order valence-electron chi connectivity index (χ4n) is 2.95. The maximum absolute atomic E-state index is 13.8. The van der Waals surface area contributed by atoms with Crippen molar-refractivity contribution in [3.63, 3.8) is 0 Å². The van der Waals surface area contributed by atoms with Crippen LogP contribution in [-0.4, -0.2) is 55.7 Å². The van der Waals surface area contributed by atoms with Crippen molar-refractivity contribution < 1.29 is 4.39 Å². The molecule has 0 spiro atoms. The van der Waals surface area contributed by atoms with Gasteiger partial charge in [-0.25, -0.2) is 4.39 Å². The summed E-state index contributed by atoms with van der Waals surface area (Å²) in [6.07, 6.45) is 4.53. The third-order valence-corrected chi connectivity index (χ3v) is 4.88. The van der Waals surface area contributed by atoms with Gasteiger partial charge in [-0.2, -0.15) is 11.8 Å². The summed E-state index contributed by atoms with van der Waals surface area (Å²) < 4.78 is 13.8. The largest absolute Gasteiger partial charge is 0.367 e. The minimum atomic E-state index is -0.124. The Labute approximate surface area is 131 Å². The van der Waals surface area contributed by atoms with Crippen LogP contribution < -0.4 is 10.6 Å². The molecule has 2 N–H and O–H groups in total. The molecule has 21 heavy (non-hydrogen) atoms. The van der Waals surface area contributed by atoms with E-state index in [0.717, 1.165) is 38.3 Å². The van der Waals surface area contributed by atoms with E-state index in [1.165, 1.54) is 18.2 Å². The third-order valence-electron chi connectivity index (χ3n) is 4.18. The molecule has 0 saturated carbocycles. The molecule has 1 aromatic carbocycles. The fraction of sp³-hybridized carbons (Fsp3) is 0.625. The number of thioether (sulfide) groups is 1. The van der Waals surface area contributed by atoms with Gasteiger partial charge in [-0.1, -0.05) is 12.1 Å². The maximum atomic E-state index is 13.8. The van der Waals surface area contributed by atoms with Crippen LogP contribution in [0, 0.1) is 5.82 Å². The zero-order valence-electron chi connectivity index (χ0n) is 12.8. The molecule has 118 valence electrons. The van der Waals surface area contributed by atoms with Crippen LogP contribution in [0.2, 0.25) is 0 Å². The van der Waals surface area contributed by atoms with E-state index < -0.39 is 0 Å². The highest BCUT2D eigenvalue weighted by molar-refractivity contribution is 7.98. The molecule has 0 aliphatic carbocycles. The first-order valence-corrected chi connectivity index (χ1v) is 9.08. The molecule has 0 amide bonds. The zero-order valence-corrected chi connectivity index (χ0v) is 13.6. The minimum absolute atomic E-state index is 0.124. The minimum Gasteiger partial charge on any atom is -0.367 e. The van der Waals surface area contributed by atoms with Gasteiger partial charge in [0.15, 0.2) is 0 Å². The molecule has 1 unspecified atom stereocenters. The first-order chi connectivity index (χ1) is 10.3. The summed E-state index contributed by atoms with van der Waals surface area (Å²) in [6.45, 7) is 4.40. The van der Waals surface area contributed by atoms with E-state index in [2.05, 4.69) is 16.1 Å². The summed E-state index contributed by atoms with van der Waals surface area (Å²) in [7, 11) is 0. The van der Waals surface area contributed by atoms with Gasteiger partial charge >= 0.3 is 0 Å². The molecule has 1 aliphatic rings. The van der Waals surface area contributed by atoms with Crippen molar-refractivity contribution in [3.8, 4) is 0 Å². The average Bonchev–Trinajstić information content (AvgIpc) is 2.53. The van der Waals surface area contributed by atoms with E-state index in [4.69, 9.17) is 5.73 Å². The van der Waals surface area contributed by atoms with Crippen molar-refractivity contribution in [2.75, 3.05) is 49.6 Å². The van der Waals surface area contributed by atoms with Gasteiger partial charge in [-0.3, -0.25) is 4.90 Å². The molecule has 1 heterocycles. The van der Waals surface area contributed by atoms with Crippen molar-refractivity contribution in [2.24, 2.45) is 5.73 Å². The van der Waals surface area contributed by atoms with E-state index in [1.807, 2.05) is 23.9 Å². The lowest BCUT2D eigenvalue weighted by atomic mass is 10.1. The quantitative estimate of drug-likeness (QED) is 0.784. The molecular formula is C16H26FN3S. The topological polar surface area (TPSA) is 32.5 Å². The molecule has 1 saturated heterocycles. The van der Waals surface area contributed by atoms with E-state index >= 15 is 0 Å². The Bertz CT molecular complexity index is 422. The number of hydrogen-bond donors (Lipinski definition) is 1. The van der Waals surface area contributed by atoms with Crippen molar-refractivity contribution in [1.29, 1.82) is 0 Å². The van der Waals surface area contributed by atoms with Crippen LogP contribution >= 0.6 is 11.8 Å². The zero-order chi connectivity index (χ0) is 15.1. The van der Waals surface area contributed by atoms with Gasteiger partial charge in [-0.15, -0.1) is 0 Å². The Hall–Kier alpha value is -0.780. The third kappa shape index (κ3) is 4.59. The van der Waals surface area contributed by atoms with Gasteiger partial charge in [0.05, 0.1) is 5.69 Å². The van der Waals surface area contributed by atoms with Gasteiger partial charge in [0.1, 0.15) is 5.82 Å². The summed E-state index contributed by atoms with van der Waals surface area (Å²) in [4.78, 5) is 4.61. The summed E-state index contributed by atoms with van der Waals surface area (Å²) in [5.74, 6) is 1.08. The second kappa shape index (κ2) is 8.61. The number of hydrogen-bond acceptors (Lipinski definition) is 4. The van der Waals surface area contributed by atoms with Gasteiger partial charge in [-0.05, 0) is 37.0 Å². The number of benzene rings is 1. The number of nitrogens with zero attached hydrogens (tertiary/aromatic N) is 2. The highest BCUT2D eigenvalue weighted by atomic mass is 32.2. The molecule has 1 aromatic rings. The first kappa shape index (κ1) is 16.6. The van der Waals surface area contributed by atoms with Crippen LogP contribution in [0.15, 0.2) is 24.3 Å². The van der Waals surface area contributed by atoms with Gasteiger partial charge in [0, 0.05) is 38.8 Å². The van der Waals surface area contributed by atoms with Gasteiger partial charge < -0.3 is 10.6 Å². The number of piperazine rings is 1. The van der Waals surface area contributed by atoms with Crippen molar-refractivity contribution >= 4 is 17.4 Å². The van der Waals surface area contributed by atoms with Crippen LogP contribution in [0.3, 0.4) is 0 Å². The molecule has 5 heteroatoms. The number of halogens is 1. The van der Waals surface area contributed by atoms with Crippen LogP contribution in [0.25, 0.3) is 0 Å². The summed E-state index contributed by atoms with van der Waals surface area (Å²) >= 11 is 1.89. The first-order valence-electron chi connectivity index (χ1n) is 7.68. The van der Waals surface area contributed by atoms with Gasteiger partial charge in [0.2, 0.25) is 0 Å². The van der Waals surface area contributed by atoms with Crippen LogP contribution in [0.1, 0.15) is 12.8 Å². The SMILES string of the molecule is CSCCCC(CN)N1CCN(c2ccccc2F)CC1. The number of para-hydroxylation sites is 1. The Kier molecular flexibility index (Phi) is 6.80. The predicted octanol–water partition coefficient (Wildman–Crippen LogP) is 2.42. The molecule has 0 bridgehead atoms. The smallest absolute Gasteiger partial charge is 0.146 e. The highest BCUT2D eigenvalue weighted by Crippen LogP contribution is 2.21. The summed E-state index contributed by atoms with van der Waals surface area (Å²) in [5.41, 5.74) is 6.66. The van der Waals surface area contributed by atoms with E-state index in [-0.39, 0.29) is 5.82 Å². The van der Waals surface area contributed by atoms with Crippen molar-refractivity contribution in [3.05, 3.63) is 30.1 Å². The molecule has 3 nitrogen and oxygen atoms in total. The van der Waals surface area contributed by atoms with Crippen LogP contribution in [-0.2, 0) is 0 Å². The molecule has 0 radical (unpaired) electrons. The molecule has 1 atom stereocenters. The number of nitrogens with two attached hydrogens (primary N) is 1. The standard InChI is InChI=1S/C16H26FN3S/c1-21-12-4-5-14(13-18)19-8-10-20(11-9-19)16-7-3-2-6-15(16)17/h2-3,6-7,14H,4-5,8-13,18H2,1H3. The molecular weight excluding hydrogens is 285 g/mol. The van der Waals surface area contributed by atoms with Crippen LogP contribution in [0.5, 0.6) is 0 Å². The lowest BCUT2D eigenvalue weighted by Crippen LogP contribution is -2.52. The van der Waals surface area contributed by atoms with E-state index in [1.54, 1.807) is 6.07 Å². The van der Waals surface area contributed by atoms with E-state index in [9.17, 15) is 4.39 Å². The molecule has 1 fully saturated rings. The van der Waals surface area contributed by atoms with Crippen LogP contribution in [0.4, 0.5) is 10.1 Å². The summed E-state index contributed by atoms with van der Waals surface area (Å²) in [5, 5.41) is 0. The second-order valence-corrected chi connectivity index (χ2v) is 6.48. The highest BCUT2D eigenvalue weighted by Gasteiger charge is 2.23. The normalized spacial score (nSPS) is 18.0. The maximum Gasteiger partial charge on any atom is 0.146 e. The Morgan fingerprint density at radius 1 is 1.24 bits per heavy atom. The molecule has 0 aromatic heterocycles. The Balaban J connectivity index is 1.86. The van der Waals surface area contributed by atoms with Gasteiger partial charge in [0.25, 0.3) is 0 Å². The van der Waals surface area contributed by atoms with Crippen molar-refractivity contribution in [1.82, 2.24) is 4.90 Å². The average molecular weight is 311 g/mol. The fourth-order valence-corrected chi connectivity index (χ4v) is 3.40. The Morgan fingerprint density at radius 2 is 1.95 bits per heavy atom. The van der Waals surface area contributed by atoms with Crippen molar-refractivity contribution in [2.45, 2.75) is 18.9 Å². The summed E-state index contributed by atoms with van der Waals surface area (Å²) in [6, 6.07) is 7.51.